The van der Waals surface area contributed by atoms with Gasteiger partial charge in [-0.05, 0) is 42.8 Å². The fraction of sp³-hybridized carbons (Fsp3) is 0.0417. The highest BCUT2D eigenvalue weighted by Crippen LogP contribution is 2.29. The molecule has 0 radical (unpaired) electrons. The Morgan fingerprint density at radius 3 is 2.17 bits per heavy atom. The van der Waals surface area contributed by atoms with E-state index in [0.29, 0.717) is 28.7 Å². The minimum Gasteiger partial charge on any atom is -0.455 e. The van der Waals surface area contributed by atoms with Crippen molar-refractivity contribution in [2.75, 3.05) is 10.6 Å². The standard InChI is InChI=1S/C24H20N4O2/c1-17-9-5-6-12-20(17)28-24-25-15-18(16-26-24)23(29)27-21-13-7-8-14-22(21)30-19-10-3-2-4-11-19/h2-16H,1H3,(H,27,29)(H,25,26,28). The number of anilines is 3. The lowest BCUT2D eigenvalue weighted by molar-refractivity contribution is 0.102. The van der Waals surface area contributed by atoms with Crippen molar-refractivity contribution in [2.24, 2.45) is 0 Å². The van der Waals surface area contributed by atoms with Crippen molar-refractivity contribution in [1.82, 2.24) is 9.97 Å². The zero-order chi connectivity index (χ0) is 20.8. The number of ether oxygens (including phenoxy) is 1. The van der Waals surface area contributed by atoms with Gasteiger partial charge in [0, 0.05) is 18.1 Å². The molecule has 0 fully saturated rings. The predicted octanol–water partition coefficient (Wildman–Crippen LogP) is 5.57. The molecular weight excluding hydrogens is 376 g/mol. The van der Waals surface area contributed by atoms with Gasteiger partial charge in [0.25, 0.3) is 5.91 Å². The number of carbonyl (C=O) groups is 1. The number of aromatic nitrogens is 2. The highest BCUT2D eigenvalue weighted by molar-refractivity contribution is 6.04. The van der Waals surface area contributed by atoms with Gasteiger partial charge in [-0.25, -0.2) is 9.97 Å². The Labute approximate surface area is 174 Å². The number of hydrogen-bond donors (Lipinski definition) is 2. The van der Waals surface area contributed by atoms with Crippen LogP contribution in [0.4, 0.5) is 17.3 Å². The second kappa shape index (κ2) is 8.87. The van der Waals surface area contributed by atoms with Gasteiger partial charge >= 0.3 is 0 Å². The molecule has 0 aliphatic heterocycles. The Hall–Kier alpha value is -4.19. The van der Waals surface area contributed by atoms with E-state index >= 15 is 0 Å². The highest BCUT2D eigenvalue weighted by atomic mass is 16.5. The van der Waals surface area contributed by atoms with Crippen molar-refractivity contribution < 1.29 is 9.53 Å². The molecule has 4 aromatic rings. The number of para-hydroxylation sites is 4. The van der Waals surface area contributed by atoms with E-state index in [1.54, 1.807) is 12.1 Å². The first-order valence-corrected chi connectivity index (χ1v) is 9.47. The van der Waals surface area contributed by atoms with Crippen LogP contribution in [0.1, 0.15) is 15.9 Å². The average molecular weight is 396 g/mol. The third kappa shape index (κ3) is 4.62. The summed E-state index contributed by atoms with van der Waals surface area (Å²) in [5.41, 5.74) is 2.91. The van der Waals surface area contributed by atoms with E-state index in [0.717, 1.165) is 11.3 Å². The molecule has 0 unspecified atom stereocenters. The largest absolute Gasteiger partial charge is 0.455 e. The number of aryl methyl sites for hydroxylation is 1. The molecular formula is C24H20N4O2. The van der Waals surface area contributed by atoms with Crippen molar-refractivity contribution in [3.63, 3.8) is 0 Å². The summed E-state index contributed by atoms with van der Waals surface area (Å²) in [4.78, 5) is 21.2. The summed E-state index contributed by atoms with van der Waals surface area (Å²) in [5, 5.41) is 6.01. The van der Waals surface area contributed by atoms with Crippen LogP contribution in [0.15, 0.2) is 91.3 Å². The van der Waals surface area contributed by atoms with E-state index in [2.05, 4.69) is 20.6 Å². The number of amides is 1. The van der Waals surface area contributed by atoms with E-state index in [4.69, 9.17) is 4.74 Å². The molecule has 0 bridgehead atoms. The monoisotopic (exact) mass is 396 g/mol. The summed E-state index contributed by atoms with van der Waals surface area (Å²) < 4.78 is 5.89. The Bertz CT molecular complexity index is 1150. The summed E-state index contributed by atoms with van der Waals surface area (Å²) in [6.45, 7) is 2.00. The Balaban J connectivity index is 1.46. The van der Waals surface area contributed by atoms with Crippen LogP contribution in [0.5, 0.6) is 11.5 Å². The van der Waals surface area contributed by atoms with Gasteiger partial charge in [0.2, 0.25) is 5.95 Å². The summed E-state index contributed by atoms with van der Waals surface area (Å²) in [6.07, 6.45) is 2.98. The Kier molecular flexibility index (Phi) is 5.66. The molecule has 6 heteroatoms. The molecule has 0 saturated carbocycles. The third-order valence-electron chi connectivity index (χ3n) is 4.41. The molecule has 0 saturated heterocycles. The first-order valence-electron chi connectivity index (χ1n) is 9.47. The first-order chi connectivity index (χ1) is 14.7. The Morgan fingerprint density at radius 1 is 0.800 bits per heavy atom. The fourth-order valence-corrected chi connectivity index (χ4v) is 2.81. The smallest absolute Gasteiger partial charge is 0.258 e. The molecule has 1 heterocycles. The van der Waals surface area contributed by atoms with Crippen LogP contribution in [0.2, 0.25) is 0 Å². The normalized spacial score (nSPS) is 10.3. The second-order valence-electron chi connectivity index (χ2n) is 6.60. The van der Waals surface area contributed by atoms with E-state index in [9.17, 15) is 4.79 Å². The zero-order valence-electron chi connectivity index (χ0n) is 16.4. The van der Waals surface area contributed by atoms with E-state index in [-0.39, 0.29) is 5.91 Å². The van der Waals surface area contributed by atoms with Gasteiger partial charge in [-0.3, -0.25) is 4.79 Å². The molecule has 3 aromatic carbocycles. The second-order valence-corrected chi connectivity index (χ2v) is 6.60. The molecule has 2 N–H and O–H groups in total. The SMILES string of the molecule is Cc1ccccc1Nc1ncc(C(=O)Nc2ccccc2Oc2ccccc2)cn1. The molecule has 0 atom stereocenters. The fourth-order valence-electron chi connectivity index (χ4n) is 2.81. The maximum absolute atomic E-state index is 12.7. The van der Waals surface area contributed by atoms with E-state index < -0.39 is 0 Å². The summed E-state index contributed by atoms with van der Waals surface area (Å²) in [7, 11) is 0. The van der Waals surface area contributed by atoms with Gasteiger partial charge in [-0.15, -0.1) is 0 Å². The zero-order valence-corrected chi connectivity index (χ0v) is 16.4. The van der Waals surface area contributed by atoms with E-state index in [1.807, 2.05) is 73.7 Å². The quantitative estimate of drug-likeness (QED) is 0.445. The van der Waals surface area contributed by atoms with Crippen LogP contribution in [0.3, 0.4) is 0 Å². The van der Waals surface area contributed by atoms with Crippen LogP contribution in [0.25, 0.3) is 0 Å². The van der Waals surface area contributed by atoms with E-state index in [1.165, 1.54) is 12.4 Å². The minimum atomic E-state index is -0.318. The lowest BCUT2D eigenvalue weighted by atomic mass is 10.2. The van der Waals surface area contributed by atoms with Gasteiger partial charge in [-0.2, -0.15) is 0 Å². The number of hydrogen-bond acceptors (Lipinski definition) is 5. The van der Waals surface area contributed by atoms with Crippen LogP contribution in [-0.4, -0.2) is 15.9 Å². The molecule has 30 heavy (non-hydrogen) atoms. The topological polar surface area (TPSA) is 76.1 Å². The number of nitrogens with one attached hydrogen (secondary N) is 2. The van der Waals surface area contributed by atoms with Gasteiger partial charge in [-0.1, -0.05) is 48.5 Å². The molecule has 1 amide bonds. The van der Waals surface area contributed by atoms with Crippen LogP contribution in [-0.2, 0) is 0 Å². The van der Waals surface area contributed by atoms with Gasteiger partial charge < -0.3 is 15.4 Å². The molecule has 6 nitrogen and oxygen atoms in total. The van der Waals surface area contributed by atoms with Crippen molar-refractivity contribution in [2.45, 2.75) is 6.92 Å². The highest BCUT2D eigenvalue weighted by Gasteiger charge is 2.12. The number of carbonyl (C=O) groups excluding carboxylic acids is 1. The third-order valence-corrected chi connectivity index (χ3v) is 4.41. The minimum absolute atomic E-state index is 0.318. The number of rotatable bonds is 6. The lowest BCUT2D eigenvalue weighted by Crippen LogP contribution is -2.13. The molecule has 4 rings (SSSR count). The van der Waals surface area contributed by atoms with Crippen molar-refractivity contribution in [1.29, 1.82) is 0 Å². The molecule has 0 aliphatic rings. The van der Waals surface area contributed by atoms with Crippen molar-refractivity contribution in [3.8, 4) is 11.5 Å². The molecule has 1 aromatic heterocycles. The molecule has 0 aliphatic carbocycles. The van der Waals surface area contributed by atoms with Gasteiger partial charge in [0.15, 0.2) is 5.75 Å². The number of benzene rings is 3. The molecule has 0 spiro atoms. The maximum atomic E-state index is 12.7. The average Bonchev–Trinajstić information content (AvgIpc) is 2.78. The molecule has 148 valence electrons. The van der Waals surface area contributed by atoms with Crippen LogP contribution in [0, 0.1) is 6.92 Å². The first kappa shape index (κ1) is 19.1. The number of nitrogens with zero attached hydrogens (tertiary/aromatic N) is 2. The summed E-state index contributed by atoms with van der Waals surface area (Å²) >= 11 is 0. The summed E-state index contributed by atoms with van der Waals surface area (Å²) in [5.74, 6) is 1.35. The Morgan fingerprint density at radius 2 is 1.43 bits per heavy atom. The van der Waals surface area contributed by atoms with Crippen LogP contribution >= 0.6 is 0 Å². The summed E-state index contributed by atoms with van der Waals surface area (Å²) in [6, 6.07) is 24.5. The maximum Gasteiger partial charge on any atom is 0.258 e. The van der Waals surface area contributed by atoms with Crippen LogP contribution < -0.4 is 15.4 Å². The van der Waals surface area contributed by atoms with Crippen molar-refractivity contribution >= 4 is 23.2 Å². The predicted molar refractivity (Wildman–Crippen MR) is 117 cm³/mol. The lowest BCUT2D eigenvalue weighted by Gasteiger charge is -2.12. The van der Waals surface area contributed by atoms with Gasteiger partial charge in [0.05, 0.1) is 11.3 Å². The van der Waals surface area contributed by atoms with Crippen molar-refractivity contribution in [3.05, 3.63) is 102 Å². The van der Waals surface area contributed by atoms with Gasteiger partial charge in [0.1, 0.15) is 5.75 Å².